The molecule has 1 fully saturated rings. The number of amides is 2. The van der Waals surface area contributed by atoms with Crippen LogP contribution in [0.1, 0.15) is 18.5 Å². The van der Waals surface area contributed by atoms with Gasteiger partial charge in [-0.25, -0.2) is 9.59 Å². The molecule has 0 saturated heterocycles. The van der Waals surface area contributed by atoms with Gasteiger partial charge in [0.1, 0.15) is 0 Å². The maximum Gasteiger partial charge on any atom is 0.330 e. The van der Waals surface area contributed by atoms with Crippen molar-refractivity contribution < 1.29 is 4.79 Å². The number of anilines is 1. The number of benzene rings is 1. The van der Waals surface area contributed by atoms with Gasteiger partial charge in [-0.1, -0.05) is 12.1 Å². The Hall–Kier alpha value is -2.50. The standard InChI is InChI=1S/C15H18N4O2/c1-10-8-17-15(21)19(10)13-5-3-2-4-12(13)18-14(20)16-9-11-6-7-11/h2-5,8,11H,6-7,9H2,1H3,(H,17,21)(H2,16,18,20). The first-order chi connectivity index (χ1) is 10.1. The molecule has 0 unspecified atom stereocenters. The number of para-hydroxylation sites is 2. The van der Waals surface area contributed by atoms with E-state index in [2.05, 4.69) is 15.6 Å². The zero-order valence-corrected chi connectivity index (χ0v) is 11.8. The number of carbonyl (C=O) groups is 1. The molecule has 2 aromatic rings. The normalized spacial score (nSPS) is 14.0. The van der Waals surface area contributed by atoms with Crippen LogP contribution in [0.15, 0.2) is 35.3 Å². The van der Waals surface area contributed by atoms with Crippen LogP contribution in [0.3, 0.4) is 0 Å². The molecule has 1 saturated carbocycles. The van der Waals surface area contributed by atoms with Crippen molar-refractivity contribution >= 4 is 11.7 Å². The van der Waals surface area contributed by atoms with E-state index in [0.29, 0.717) is 23.8 Å². The van der Waals surface area contributed by atoms with E-state index in [-0.39, 0.29) is 11.7 Å². The molecular weight excluding hydrogens is 268 g/mol. The average Bonchev–Trinajstić information content (AvgIpc) is 3.24. The van der Waals surface area contributed by atoms with E-state index in [1.54, 1.807) is 18.3 Å². The van der Waals surface area contributed by atoms with E-state index in [9.17, 15) is 9.59 Å². The number of aromatic amines is 1. The topological polar surface area (TPSA) is 78.9 Å². The maximum atomic E-state index is 11.9. The molecule has 0 aliphatic heterocycles. The molecule has 1 heterocycles. The molecular formula is C15H18N4O2. The lowest BCUT2D eigenvalue weighted by Crippen LogP contribution is -2.31. The smallest absolute Gasteiger partial charge is 0.330 e. The van der Waals surface area contributed by atoms with Gasteiger partial charge in [-0.05, 0) is 37.8 Å². The van der Waals surface area contributed by atoms with E-state index in [4.69, 9.17) is 0 Å². The SMILES string of the molecule is Cc1c[nH]c(=O)n1-c1ccccc1NC(=O)NCC1CC1. The molecule has 1 aromatic carbocycles. The molecule has 3 rings (SSSR count). The quantitative estimate of drug-likeness (QED) is 0.804. The number of H-pyrrole nitrogens is 1. The third-order valence-corrected chi connectivity index (χ3v) is 3.60. The lowest BCUT2D eigenvalue weighted by Gasteiger charge is -2.13. The number of aryl methyl sites for hydroxylation is 1. The van der Waals surface area contributed by atoms with Gasteiger partial charge in [0.25, 0.3) is 0 Å². The number of urea groups is 1. The second-order valence-corrected chi connectivity index (χ2v) is 5.37. The Labute approximate surface area is 122 Å². The molecule has 110 valence electrons. The van der Waals surface area contributed by atoms with Gasteiger partial charge in [0, 0.05) is 18.4 Å². The molecule has 21 heavy (non-hydrogen) atoms. The summed E-state index contributed by atoms with van der Waals surface area (Å²) in [6.45, 7) is 2.54. The highest BCUT2D eigenvalue weighted by Gasteiger charge is 2.21. The van der Waals surface area contributed by atoms with Gasteiger partial charge in [-0.15, -0.1) is 0 Å². The predicted molar refractivity (Wildman–Crippen MR) is 80.9 cm³/mol. The highest BCUT2D eigenvalue weighted by molar-refractivity contribution is 5.91. The number of nitrogens with zero attached hydrogens (tertiary/aromatic N) is 1. The Morgan fingerprint density at radius 2 is 2.14 bits per heavy atom. The summed E-state index contributed by atoms with van der Waals surface area (Å²) in [5, 5.41) is 5.66. The number of hydrogen-bond acceptors (Lipinski definition) is 2. The Balaban J connectivity index is 1.82. The average molecular weight is 286 g/mol. The van der Waals surface area contributed by atoms with Gasteiger partial charge < -0.3 is 15.6 Å². The molecule has 6 heteroatoms. The van der Waals surface area contributed by atoms with Crippen LogP contribution in [-0.4, -0.2) is 22.1 Å². The number of rotatable bonds is 4. The van der Waals surface area contributed by atoms with Crippen molar-refractivity contribution in [2.45, 2.75) is 19.8 Å². The van der Waals surface area contributed by atoms with Crippen LogP contribution in [0.4, 0.5) is 10.5 Å². The van der Waals surface area contributed by atoms with Crippen molar-refractivity contribution in [3.05, 3.63) is 46.6 Å². The second-order valence-electron chi connectivity index (χ2n) is 5.37. The van der Waals surface area contributed by atoms with E-state index in [1.807, 2.05) is 19.1 Å². The van der Waals surface area contributed by atoms with E-state index in [0.717, 1.165) is 5.69 Å². The molecule has 0 radical (unpaired) electrons. The summed E-state index contributed by atoms with van der Waals surface area (Å²) in [4.78, 5) is 26.4. The van der Waals surface area contributed by atoms with Gasteiger partial charge in [0.2, 0.25) is 0 Å². The lowest BCUT2D eigenvalue weighted by atomic mass is 10.2. The Bertz CT molecular complexity index is 712. The third-order valence-electron chi connectivity index (χ3n) is 3.60. The van der Waals surface area contributed by atoms with Crippen LogP contribution in [0.5, 0.6) is 0 Å². The lowest BCUT2D eigenvalue weighted by molar-refractivity contribution is 0.251. The summed E-state index contributed by atoms with van der Waals surface area (Å²) >= 11 is 0. The fourth-order valence-electron chi connectivity index (χ4n) is 2.25. The minimum Gasteiger partial charge on any atom is -0.338 e. The minimum absolute atomic E-state index is 0.222. The molecule has 0 bridgehead atoms. The molecule has 0 atom stereocenters. The summed E-state index contributed by atoms with van der Waals surface area (Å²) in [5.41, 5.74) is 1.83. The summed E-state index contributed by atoms with van der Waals surface area (Å²) in [6.07, 6.45) is 4.02. The second kappa shape index (κ2) is 5.47. The van der Waals surface area contributed by atoms with Crippen molar-refractivity contribution in [1.29, 1.82) is 0 Å². The summed E-state index contributed by atoms with van der Waals surface area (Å²) in [5.74, 6) is 0.625. The van der Waals surface area contributed by atoms with Crippen LogP contribution >= 0.6 is 0 Å². The fraction of sp³-hybridized carbons (Fsp3) is 0.333. The monoisotopic (exact) mass is 286 g/mol. The highest BCUT2D eigenvalue weighted by Crippen LogP contribution is 2.27. The van der Waals surface area contributed by atoms with E-state index >= 15 is 0 Å². The van der Waals surface area contributed by atoms with Gasteiger partial charge in [-0.3, -0.25) is 4.57 Å². The van der Waals surface area contributed by atoms with Crippen molar-refractivity contribution in [2.24, 2.45) is 5.92 Å². The summed E-state index contributed by atoms with van der Waals surface area (Å²) in [6, 6.07) is 7.01. The largest absolute Gasteiger partial charge is 0.338 e. The van der Waals surface area contributed by atoms with Crippen molar-refractivity contribution in [3.8, 4) is 5.69 Å². The third kappa shape index (κ3) is 2.99. The van der Waals surface area contributed by atoms with Gasteiger partial charge in [0.05, 0.1) is 11.4 Å². The summed E-state index contributed by atoms with van der Waals surface area (Å²) < 4.78 is 1.54. The maximum absolute atomic E-state index is 11.9. The number of nitrogens with one attached hydrogen (secondary N) is 3. The molecule has 1 aromatic heterocycles. The number of hydrogen-bond donors (Lipinski definition) is 3. The fourth-order valence-corrected chi connectivity index (χ4v) is 2.25. The first-order valence-electron chi connectivity index (χ1n) is 7.06. The first kappa shape index (κ1) is 13.5. The number of carbonyl (C=O) groups excluding carboxylic acids is 1. The van der Waals surface area contributed by atoms with E-state index in [1.165, 1.54) is 17.4 Å². The minimum atomic E-state index is -0.240. The first-order valence-corrected chi connectivity index (χ1v) is 7.06. The zero-order chi connectivity index (χ0) is 14.8. The number of imidazole rings is 1. The van der Waals surface area contributed by atoms with Crippen LogP contribution in [0, 0.1) is 12.8 Å². The van der Waals surface area contributed by atoms with Gasteiger partial charge in [0.15, 0.2) is 0 Å². The van der Waals surface area contributed by atoms with Crippen LogP contribution < -0.4 is 16.3 Å². The van der Waals surface area contributed by atoms with Crippen LogP contribution in [-0.2, 0) is 0 Å². The Kier molecular flexibility index (Phi) is 3.51. The van der Waals surface area contributed by atoms with Gasteiger partial charge >= 0.3 is 11.7 Å². The van der Waals surface area contributed by atoms with Crippen molar-refractivity contribution in [2.75, 3.05) is 11.9 Å². The molecule has 3 N–H and O–H groups in total. The highest BCUT2D eigenvalue weighted by atomic mass is 16.2. The van der Waals surface area contributed by atoms with E-state index < -0.39 is 0 Å². The number of aromatic nitrogens is 2. The van der Waals surface area contributed by atoms with Gasteiger partial charge in [-0.2, -0.15) is 0 Å². The molecule has 1 aliphatic rings. The molecule has 1 aliphatic carbocycles. The molecule has 2 amide bonds. The van der Waals surface area contributed by atoms with Crippen LogP contribution in [0.25, 0.3) is 5.69 Å². The Morgan fingerprint density at radius 1 is 1.38 bits per heavy atom. The molecule has 0 spiro atoms. The van der Waals surface area contributed by atoms with Crippen molar-refractivity contribution in [1.82, 2.24) is 14.9 Å². The van der Waals surface area contributed by atoms with Crippen molar-refractivity contribution in [3.63, 3.8) is 0 Å². The van der Waals surface area contributed by atoms with Crippen LogP contribution in [0.2, 0.25) is 0 Å². The zero-order valence-electron chi connectivity index (χ0n) is 11.8. The summed E-state index contributed by atoms with van der Waals surface area (Å²) in [7, 11) is 0. The molecule has 6 nitrogen and oxygen atoms in total. The Morgan fingerprint density at radius 3 is 2.81 bits per heavy atom. The predicted octanol–water partition coefficient (Wildman–Crippen LogP) is 2.01.